The minimum Gasteiger partial charge on any atom is -0.494 e. The Morgan fingerprint density at radius 2 is 2.16 bits per heavy atom. The van der Waals surface area contributed by atoms with Crippen LogP contribution in [-0.2, 0) is 4.79 Å². The molecule has 1 saturated heterocycles. The van der Waals surface area contributed by atoms with Crippen LogP contribution in [-0.4, -0.2) is 42.7 Å². The third-order valence-electron chi connectivity index (χ3n) is 3.59. The zero-order valence-corrected chi connectivity index (χ0v) is 10.9. The van der Waals surface area contributed by atoms with Crippen LogP contribution >= 0.6 is 0 Å². The van der Waals surface area contributed by atoms with Gasteiger partial charge in [-0.2, -0.15) is 0 Å². The molecule has 19 heavy (non-hydrogen) atoms. The summed E-state index contributed by atoms with van der Waals surface area (Å²) in [5.74, 6) is -0.584. The van der Waals surface area contributed by atoms with Gasteiger partial charge in [0, 0.05) is 0 Å². The summed E-state index contributed by atoms with van der Waals surface area (Å²) in [5.41, 5.74) is 0.966. The van der Waals surface area contributed by atoms with E-state index < -0.39 is 5.97 Å². The number of carboxylic acid groups (broad SMARTS) is 1. The fourth-order valence-electron chi connectivity index (χ4n) is 2.55. The van der Waals surface area contributed by atoms with Crippen LogP contribution in [0.4, 0.5) is 4.39 Å². The summed E-state index contributed by atoms with van der Waals surface area (Å²) in [6.07, 6.45) is 1.72. The maximum Gasteiger partial charge on any atom is 0.317 e. The van der Waals surface area contributed by atoms with Crippen molar-refractivity contribution in [3.05, 3.63) is 29.6 Å². The highest BCUT2D eigenvalue weighted by Crippen LogP contribution is 2.30. The van der Waals surface area contributed by atoms with Gasteiger partial charge in [-0.25, -0.2) is 4.39 Å². The molecule has 0 aliphatic carbocycles. The van der Waals surface area contributed by atoms with Crippen molar-refractivity contribution >= 4 is 5.97 Å². The number of aliphatic carboxylic acids is 1. The number of halogens is 1. The number of carboxylic acids is 1. The molecule has 0 spiro atoms. The van der Waals surface area contributed by atoms with Crippen molar-refractivity contribution in [2.45, 2.75) is 18.8 Å². The van der Waals surface area contributed by atoms with E-state index in [1.54, 1.807) is 6.07 Å². The number of methoxy groups -OCH3 is 1. The first-order valence-corrected chi connectivity index (χ1v) is 6.37. The van der Waals surface area contributed by atoms with Gasteiger partial charge in [0.25, 0.3) is 0 Å². The molecule has 0 amide bonds. The molecule has 1 aliphatic rings. The van der Waals surface area contributed by atoms with Gasteiger partial charge < -0.3 is 9.84 Å². The number of benzene rings is 1. The average molecular weight is 267 g/mol. The van der Waals surface area contributed by atoms with Crippen molar-refractivity contribution < 1.29 is 19.0 Å². The van der Waals surface area contributed by atoms with E-state index >= 15 is 0 Å². The number of nitrogens with zero attached hydrogens (tertiary/aromatic N) is 1. The highest BCUT2D eigenvalue weighted by Gasteiger charge is 2.22. The SMILES string of the molecule is COc1ccc(C2CCN(CC(=O)O)CC2)cc1F. The monoisotopic (exact) mass is 267 g/mol. The number of carbonyl (C=O) groups is 1. The Kier molecular flexibility index (Phi) is 4.37. The van der Waals surface area contributed by atoms with E-state index in [9.17, 15) is 9.18 Å². The number of piperidine rings is 1. The van der Waals surface area contributed by atoms with Crippen LogP contribution in [0.5, 0.6) is 5.75 Å². The second kappa shape index (κ2) is 6.02. The lowest BCUT2D eigenvalue weighted by Crippen LogP contribution is -2.36. The average Bonchev–Trinajstić information content (AvgIpc) is 2.39. The van der Waals surface area contributed by atoms with Gasteiger partial charge in [0.15, 0.2) is 11.6 Å². The van der Waals surface area contributed by atoms with Crippen molar-refractivity contribution in [2.75, 3.05) is 26.7 Å². The van der Waals surface area contributed by atoms with E-state index in [4.69, 9.17) is 9.84 Å². The number of hydrogen-bond donors (Lipinski definition) is 1. The Morgan fingerprint density at radius 1 is 1.47 bits per heavy atom. The first-order chi connectivity index (χ1) is 9.10. The molecular weight excluding hydrogens is 249 g/mol. The Balaban J connectivity index is 1.97. The fraction of sp³-hybridized carbons (Fsp3) is 0.500. The quantitative estimate of drug-likeness (QED) is 0.907. The number of ether oxygens (including phenoxy) is 1. The van der Waals surface area contributed by atoms with E-state index in [0.29, 0.717) is 5.92 Å². The molecule has 1 fully saturated rings. The Morgan fingerprint density at radius 3 is 2.68 bits per heavy atom. The third kappa shape index (κ3) is 3.44. The normalized spacial score (nSPS) is 17.4. The Bertz CT molecular complexity index is 456. The zero-order valence-electron chi connectivity index (χ0n) is 10.9. The van der Waals surface area contributed by atoms with Crippen molar-refractivity contribution in [1.29, 1.82) is 0 Å². The van der Waals surface area contributed by atoms with Crippen LogP contribution in [0, 0.1) is 5.82 Å². The van der Waals surface area contributed by atoms with Crippen LogP contribution in [0.2, 0.25) is 0 Å². The highest BCUT2D eigenvalue weighted by molar-refractivity contribution is 5.69. The number of likely N-dealkylation sites (tertiary alicyclic amines) is 1. The van der Waals surface area contributed by atoms with E-state index in [-0.39, 0.29) is 18.1 Å². The third-order valence-corrected chi connectivity index (χ3v) is 3.59. The van der Waals surface area contributed by atoms with Gasteiger partial charge >= 0.3 is 5.97 Å². The minimum atomic E-state index is -0.797. The summed E-state index contributed by atoms with van der Waals surface area (Å²) < 4.78 is 18.5. The molecule has 1 aromatic carbocycles. The van der Waals surface area contributed by atoms with E-state index in [0.717, 1.165) is 31.5 Å². The van der Waals surface area contributed by atoms with Gasteiger partial charge in [-0.1, -0.05) is 6.07 Å². The lowest BCUT2D eigenvalue weighted by Gasteiger charge is -2.31. The molecular formula is C14H18FNO3. The molecule has 1 N–H and O–H groups in total. The lowest BCUT2D eigenvalue weighted by atomic mass is 9.89. The second-order valence-electron chi connectivity index (χ2n) is 4.84. The molecule has 5 heteroatoms. The standard InChI is InChI=1S/C14H18FNO3/c1-19-13-3-2-11(8-12(13)15)10-4-6-16(7-5-10)9-14(17)18/h2-3,8,10H,4-7,9H2,1H3,(H,17,18). The van der Waals surface area contributed by atoms with Gasteiger partial charge in [0.1, 0.15) is 0 Å². The summed E-state index contributed by atoms with van der Waals surface area (Å²) in [6, 6.07) is 5.06. The molecule has 2 rings (SSSR count). The predicted molar refractivity (Wildman–Crippen MR) is 69.0 cm³/mol. The maximum absolute atomic E-state index is 13.6. The lowest BCUT2D eigenvalue weighted by molar-refractivity contribution is -0.138. The molecule has 1 aromatic rings. The van der Waals surface area contributed by atoms with Crippen LogP contribution in [0.25, 0.3) is 0 Å². The summed E-state index contributed by atoms with van der Waals surface area (Å²) in [4.78, 5) is 12.5. The van der Waals surface area contributed by atoms with Gasteiger partial charge in [-0.15, -0.1) is 0 Å². The first-order valence-electron chi connectivity index (χ1n) is 6.37. The maximum atomic E-state index is 13.6. The Labute approximate surface area is 111 Å². The molecule has 0 bridgehead atoms. The molecule has 0 saturated carbocycles. The number of rotatable bonds is 4. The molecule has 1 aliphatic heterocycles. The molecule has 0 radical (unpaired) electrons. The van der Waals surface area contributed by atoms with Crippen LogP contribution in [0.1, 0.15) is 24.3 Å². The van der Waals surface area contributed by atoms with Crippen molar-refractivity contribution in [1.82, 2.24) is 4.90 Å². The van der Waals surface area contributed by atoms with E-state index in [1.165, 1.54) is 13.2 Å². The molecule has 1 heterocycles. The summed E-state index contributed by atoms with van der Waals surface area (Å²) in [6.45, 7) is 1.57. The molecule has 0 unspecified atom stereocenters. The Hall–Kier alpha value is -1.62. The minimum absolute atomic E-state index is 0.0870. The molecule has 104 valence electrons. The van der Waals surface area contributed by atoms with Gasteiger partial charge in [0.2, 0.25) is 0 Å². The summed E-state index contributed by atoms with van der Waals surface area (Å²) in [7, 11) is 1.45. The molecule has 0 atom stereocenters. The molecule has 4 nitrogen and oxygen atoms in total. The number of hydrogen-bond acceptors (Lipinski definition) is 3. The van der Waals surface area contributed by atoms with Crippen LogP contribution < -0.4 is 4.74 Å². The van der Waals surface area contributed by atoms with Gasteiger partial charge in [-0.3, -0.25) is 9.69 Å². The zero-order chi connectivity index (χ0) is 13.8. The van der Waals surface area contributed by atoms with Crippen molar-refractivity contribution in [3.8, 4) is 5.75 Å². The fourth-order valence-corrected chi connectivity index (χ4v) is 2.55. The van der Waals surface area contributed by atoms with E-state index in [2.05, 4.69) is 0 Å². The summed E-state index contributed by atoms with van der Waals surface area (Å²) in [5, 5.41) is 8.74. The van der Waals surface area contributed by atoms with Gasteiger partial charge in [0.05, 0.1) is 13.7 Å². The first kappa shape index (κ1) is 13.8. The van der Waals surface area contributed by atoms with Crippen LogP contribution in [0.3, 0.4) is 0 Å². The van der Waals surface area contributed by atoms with Crippen molar-refractivity contribution in [2.24, 2.45) is 0 Å². The molecule has 0 aromatic heterocycles. The van der Waals surface area contributed by atoms with Gasteiger partial charge in [-0.05, 0) is 49.5 Å². The highest BCUT2D eigenvalue weighted by atomic mass is 19.1. The second-order valence-corrected chi connectivity index (χ2v) is 4.84. The predicted octanol–water partition coefficient (Wildman–Crippen LogP) is 2.10. The van der Waals surface area contributed by atoms with Crippen molar-refractivity contribution in [3.63, 3.8) is 0 Å². The van der Waals surface area contributed by atoms with E-state index in [1.807, 2.05) is 11.0 Å². The largest absolute Gasteiger partial charge is 0.494 e. The summed E-state index contributed by atoms with van der Waals surface area (Å²) >= 11 is 0. The smallest absolute Gasteiger partial charge is 0.317 e. The van der Waals surface area contributed by atoms with Crippen LogP contribution in [0.15, 0.2) is 18.2 Å². The topological polar surface area (TPSA) is 49.8 Å².